The van der Waals surface area contributed by atoms with E-state index in [1.807, 2.05) is 42.5 Å². The third kappa shape index (κ3) is 4.58. The van der Waals surface area contributed by atoms with Crippen molar-refractivity contribution < 1.29 is 4.74 Å². The molecule has 0 radical (unpaired) electrons. The topological polar surface area (TPSA) is 83.4 Å². The standard InChI is InChI=1S/C16H14N4OS/c17-9-13-3-1-2-4-14(13)11-21-15-7-5-12(6-8-15)10-19-20-16(18)22/h1-8,10H,11H2,(H3,18,20,22)/b19-10-. The van der Waals surface area contributed by atoms with Gasteiger partial charge in [-0.05, 0) is 48.1 Å². The Labute approximate surface area is 134 Å². The van der Waals surface area contributed by atoms with Crippen LogP contribution in [-0.2, 0) is 6.61 Å². The van der Waals surface area contributed by atoms with E-state index in [9.17, 15) is 0 Å². The first-order valence-electron chi connectivity index (χ1n) is 6.48. The molecule has 22 heavy (non-hydrogen) atoms. The van der Waals surface area contributed by atoms with Crippen molar-refractivity contribution in [2.45, 2.75) is 6.61 Å². The lowest BCUT2D eigenvalue weighted by Crippen LogP contribution is -2.23. The Kier molecular flexibility index (Phi) is 5.46. The van der Waals surface area contributed by atoms with Gasteiger partial charge in [-0.25, -0.2) is 0 Å². The van der Waals surface area contributed by atoms with Crippen LogP contribution < -0.4 is 15.9 Å². The molecule has 110 valence electrons. The molecule has 0 aliphatic heterocycles. The number of nitrogens with one attached hydrogen (secondary N) is 1. The van der Waals surface area contributed by atoms with Gasteiger partial charge >= 0.3 is 0 Å². The molecule has 0 aliphatic rings. The monoisotopic (exact) mass is 310 g/mol. The molecule has 0 saturated heterocycles. The Balaban J connectivity index is 1.96. The number of hydrazone groups is 1. The minimum Gasteiger partial charge on any atom is -0.489 e. The average Bonchev–Trinajstić information content (AvgIpc) is 2.54. The third-order valence-corrected chi connectivity index (χ3v) is 2.89. The number of benzene rings is 2. The van der Waals surface area contributed by atoms with Gasteiger partial charge < -0.3 is 10.5 Å². The lowest BCUT2D eigenvalue weighted by Gasteiger charge is -2.07. The summed E-state index contributed by atoms with van der Waals surface area (Å²) in [6.07, 6.45) is 1.61. The van der Waals surface area contributed by atoms with Crippen molar-refractivity contribution in [1.82, 2.24) is 5.43 Å². The van der Waals surface area contributed by atoms with E-state index >= 15 is 0 Å². The molecule has 2 rings (SSSR count). The second-order valence-electron chi connectivity index (χ2n) is 4.36. The first kappa shape index (κ1) is 15.5. The summed E-state index contributed by atoms with van der Waals surface area (Å²) in [6.45, 7) is 0.347. The van der Waals surface area contributed by atoms with E-state index in [1.54, 1.807) is 12.3 Å². The van der Waals surface area contributed by atoms with Crippen LogP contribution in [0.25, 0.3) is 0 Å². The van der Waals surface area contributed by atoms with Crippen molar-refractivity contribution in [3.63, 3.8) is 0 Å². The SMILES string of the molecule is N#Cc1ccccc1COc1ccc(/C=N\NC(N)=S)cc1. The summed E-state index contributed by atoms with van der Waals surface area (Å²) in [4.78, 5) is 0. The van der Waals surface area contributed by atoms with E-state index < -0.39 is 0 Å². The van der Waals surface area contributed by atoms with Gasteiger partial charge in [0.2, 0.25) is 0 Å². The van der Waals surface area contributed by atoms with E-state index in [2.05, 4.69) is 28.8 Å². The van der Waals surface area contributed by atoms with E-state index in [-0.39, 0.29) is 5.11 Å². The van der Waals surface area contributed by atoms with Gasteiger partial charge in [0.1, 0.15) is 12.4 Å². The molecule has 6 heteroatoms. The van der Waals surface area contributed by atoms with Gasteiger partial charge in [0, 0.05) is 5.56 Å². The molecule has 0 bridgehead atoms. The number of thiocarbonyl (C=S) groups is 1. The smallest absolute Gasteiger partial charge is 0.184 e. The van der Waals surface area contributed by atoms with Crippen molar-refractivity contribution >= 4 is 23.5 Å². The lowest BCUT2D eigenvalue weighted by molar-refractivity contribution is 0.306. The Morgan fingerprint density at radius 2 is 2.00 bits per heavy atom. The second-order valence-corrected chi connectivity index (χ2v) is 4.80. The highest BCUT2D eigenvalue weighted by molar-refractivity contribution is 7.80. The molecule has 2 aromatic rings. The molecule has 0 aliphatic carbocycles. The number of hydrogen-bond acceptors (Lipinski definition) is 4. The van der Waals surface area contributed by atoms with Crippen LogP contribution in [0.2, 0.25) is 0 Å². The molecule has 0 heterocycles. The summed E-state index contributed by atoms with van der Waals surface area (Å²) in [6, 6.07) is 16.9. The van der Waals surface area contributed by atoms with Crippen molar-refractivity contribution in [1.29, 1.82) is 5.26 Å². The predicted molar refractivity (Wildman–Crippen MR) is 89.4 cm³/mol. The Bertz CT molecular complexity index is 720. The largest absolute Gasteiger partial charge is 0.489 e. The van der Waals surface area contributed by atoms with Crippen molar-refractivity contribution in [3.05, 3.63) is 65.2 Å². The molecular formula is C16H14N4OS. The summed E-state index contributed by atoms with van der Waals surface area (Å²) in [5.41, 5.74) is 10.1. The third-order valence-electron chi connectivity index (χ3n) is 2.80. The number of rotatable bonds is 5. The summed E-state index contributed by atoms with van der Waals surface area (Å²) >= 11 is 4.64. The summed E-state index contributed by atoms with van der Waals surface area (Å²) < 4.78 is 5.68. The molecule has 0 spiro atoms. The lowest BCUT2D eigenvalue weighted by atomic mass is 10.1. The molecule has 0 atom stereocenters. The van der Waals surface area contributed by atoms with Crippen molar-refractivity contribution in [3.8, 4) is 11.8 Å². The molecule has 2 aromatic carbocycles. The van der Waals surface area contributed by atoms with E-state index in [1.165, 1.54) is 0 Å². The second kappa shape index (κ2) is 7.76. The van der Waals surface area contributed by atoms with Crippen LogP contribution >= 0.6 is 12.2 Å². The summed E-state index contributed by atoms with van der Waals surface area (Å²) in [7, 11) is 0. The molecule has 0 unspecified atom stereocenters. The number of nitrogens with zero attached hydrogens (tertiary/aromatic N) is 2. The van der Waals surface area contributed by atoms with Crippen molar-refractivity contribution in [2.75, 3.05) is 0 Å². The van der Waals surface area contributed by atoms with E-state index in [4.69, 9.17) is 15.7 Å². The van der Waals surface area contributed by atoms with Crippen LogP contribution in [0.1, 0.15) is 16.7 Å². The highest BCUT2D eigenvalue weighted by atomic mass is 32.1. The molecule has 5 nitrogen and oxygen atoms in total. The Morgan fingerprint density at radius 3 is 2.68 bits per heavy atom. The first-order valence-corrected chi connectivity index (χ1v) is 6.89. The average molecular weight is 310 g/mol. The fourth-order valence-electron chi connectivity index (χ4n) is 1.74. The van der Waals surface area contributed by atoms with Gasteiger partial charge in [-0.2, -0.15) is 10.4 Å². The Hall–Kier alpha value is -2.91. The van der Waals surface area contributed by atoms with Gasteiger partial charge in [0.25, 0.3) is 0 Å². The summed E-state index contributed by atoms with van der Waals surface area (Å²) in [5.74, 6) is 0.715. The first-order chi connectivity index (χ1) is 10.7. The fourth-order valence-corrected chi connectivity index (χ4v) is 1.79. The summed E-state index contributed by atoms with van der Waals surface area (Å²) in [5, 5.41) is 13.0. The van der Waals surface area contributed by atoms with Gasteiger partial charge in [-0.3, -0.25) is 5.43 Å². The predicted octanol–water partition coefficient (Wildman–Crippen LogP) is 2.30. The van der Waals surface area contributed by atoms with Crippen LogP contribution in [0.5, 0.6) is 5.75 Å². The zero-order valence-corrected chi connectivity index (χ0v) is 12.5. The van der Waals surface area contributed by atoms with Gasteiger partial charge in [0.15, 0.2) is 5.11 Å². The van der Waals surface area contributed by atoms with Gasteiger partial charge in [0.05, 0.1) is 17.8 Å². The number of ether oxygens (including phenoxy) is 1. The molecule has 3 N–H and O–H groups in total. The quantitative estimate of drug-likeness (QED) is 0.503. The molecule has 0 amide bonds. The van der Waals surface area contributed by atoms with Gasteiger partial charge in [-0.1, -0.05) is 18.2 Å². The van der Waals surface area contributed by atoms with Crippen LogP contribution in [0, 0.1) is 11.3 Å². The van der Waals surface area contributed by atoms with Gasteiger partial charge in [-0.15, -0.1) is 0 Å². The number of hydrogen-bond donors (Lipinski definition) is 2. The fraction of sp³-hybridized carbons (Fsp3) is 0.0625. The van der Waals surface area contributed by atoms with Crippen LogP contribution in [0.3, 0.4) is 0 Å². The zero-order valence-electron chi connectivity index (χ0n) is 11.7. The molecular weight excluding hydrogens is 296 g/mol. The van der Waals surface area contributed by atoms with Crippen LogP contribution in [0.15, 0.2) is 53.6 Å². The zero-order chi connectivity index (χ0) is 15.8. The normalized spacial score (nSPS) is 10.1. The van der Waals surface area contributed by atoms with Crippen LogP contribution in [0.4, 0.5) is 0 Å². The number of nitriles is 1. The van der Waals surface area contributed by atoms with E-state index in [0.717, 1.165) is 11.1 Å². The maximum atomic E-state index is 9.03. The van der Waals surface area contributed by atoms with Crippen molar-refractivity contribution in [2.24, 2.45) is 10.8 Å². The highest BCUT2D eigenvalue weighted by Gasteiger charge is 2.01. The minimum atomic E-state index is 0.118. The molecule has 0 fully saturated rings. The highest BCUT2D eigenvalue weighted by Crippen LogP contribution is 2.15. The number of nitrogens with two attached hydrogens (primary N) is 1. The molecule has 0 saturated carbocycles. The minimum absolute atomic E-state index is 0.118. The maximum absolute atomic E-state index is 9.03. The maximum Gasteiger partial charge on any atom is 0.184 e. The Morgan fingerprint density at radius 1 is 1.27 bits per heavy atom. The van der Waals surface area contributed by atoms with Crippen LogP contribution in [-0.4, -0.2) is 11.3 Å². The molecule has 0 aromatic heterocycles. The van der Waals surface area contributed by atoms with E-state index in [0.29, 0.717) is 17.9 Å².